The van der Waals surface area contributed by atoms with Crippen LogP contribution in [0, 0.1) is 5.92 Å². The van der Waals surface area contributed by atoms with Crippen molar-refractivity contribution in [2.45, 2.75) is 63.5 Å². The molecule has 4 atom stereocenters. The Bertz CT molecular complexity index is 1030. The maximum atomic E-state index is 13.5. The van der Waals surface area contributed by atoms with Crippen molar-refractivity contribution >= 4 is 23.2 Å². The topological polar surface area (TPSA) is 109 Å². The van der Waals surface area contributed by atoms with Crippen LogP contribution in [0.15, 0.2) is 67.3 Å². The van der Waals surface area contributed by atoms with Crippen molar-refractivity contribution in [2.24, 2.45) is 5.92 Å². The number of nitrogens with one attached hydrogen (secondary N) is 2. The zero-order chi connectivity index (χ0) is 28.8. The van der Waals surface area contributed by atoms with Crippen molar-refractivity contribution in [1.29, 1.82) is 0 Å². The van der Waals surface area contributed by atoms with Crippen molar-refractivity contribution in [3.8, 4) is 5.75 Å². The zero-order valence-corrected chi connectivity index (χ0v) is 24.4. The predicted molar refractivity (Wildman–Crippen MR) is 154 cm³/mol. The first-order valence-electron chi connectivity index (χ1n) is 13.0. The minimum absolute atomic E-state index is 0.270. The fourth-order valence-corrected chi connectivity index (χ4v) is 4.69. The molecule has 8 nitrogen and oxygen atoms in total. The molecule has 0 aliphatic carbocycles. The number of carbonyl (C=O) groups is 2. The summed E-state index contributed by atoms with van der Waals surface area (Å²) >= 11 is -1.53. The average molecular weight is 559 g/mol. The summed E-state index contributed by atoms with van der Waals surface area (Å²) in [4.78, 5) is 26.1. The molecule has 0 saturated carbocycles. The Kier molecular flexibility index (Phi) is 13.5. The van der Waals surface area contributed by atoms with E-state index in [0.29, 0.717) is 26.1 Å². The Balaban J connectivity index is 2.07. The van der Waals surface area contributed by atoms with Crippen LogP contribution >= 0.6 is 0 Å². The molecule has 0 aliphatic rings. The summed E-state index contributed by atoms with van der Waals surface area (Å²) < 4.78 is 31.4. The van der Waals surface area contributed by atoms with Crippen molar-refractivity contribution in [1.82, 2.24) is 10.0 Å². The smallest absolute Gasteiger partial charge is 0.328 e. The highest BCUT2D eigenvalue weighted by Gasteiger charge is 2.37. The average Bonchev–Trinajstić information content (AvgIpc) is 2.93. The van der Waals surface area contributed by atoms with E-state index in [-0.39, 0.29) is 12.3 Å². The molecule has 214 valence electrons. The van der Waals surface area contributed by atoms with E-state index in [9.17, 15) is 14.1 Å². The molecule has 0 saturated heterocycles. The SMILES string of the molecule is C=C[C@@H](CCCOCc1ccc(OC)cc1)[C@H](N[S+]([O-])C(C)(C)C)C(=O)N[C@@H](Cc1ccccc1)C(=O)OC. The van der Waals surface area contributed by atoms with E-state index >= 15 is 0 Å². The second-order valence-corrected chi connectivity index (χ2v) is 12.2. The molecule has 39 heavy (non-hydrogen) atoms. The van der Waals surface area contributed by atoms with E-state index < -0.39 is 40.1 Å². The molecule has 0 aliphatic heterocycles. The molecule has 0 radical (unpaired) electrons. The summed E-state index contributed by atoms with van der Waals surface area (Å²) in [6, 6.07) is 15.3. The number of ether oxygens (including phenoxy) is 3. The molecular weight excluding hydrogens is 516 g/mol. The van der Waals surface area contributed by atoms with Gasteiger partial charge in [0.25, 0.3) is 0 Å². The molecule has 1 unspecified atom stereocenters. The third-order valence-corrected chi connectivity index (χ3v) is 7.72. The minimum atomic E-state index is -1.53. The van der Waals surface area contributed by atoms with Gasteiger partial charge < -0.3 is 24.1 Å². The fourth-order valence-electron chi connectivity index (χ4n) is 3.83. The molecule has 2 N–H and O–H groups in total. The van der Waals surface area contributed by atoms with Crippen molar-refractivity contribution in [3.05, 3.63) is 78.4 Å². The van der Waals surface area contributed by atoms with Crippen LogP contribution in [-0.4, -0.2) is 54.1 Å². The van der Waals surface area contributed by atoms with Crippen molar-refractivity contribution < 1.29 is 28.4 Å². The molecule has 0 bridgehead atoms. The Hall–Kier alpha value is -2.85. The molecule has 0 fully saturated rings. The quantitative estimate of drug-likeness (QED) is 0.138. The highest BCUT2D eigenvalue weighted by Crippen LogP contribution is 2.20. The van der Waals surface area contributed by atoms with Crippen LogP contribution in [-0.2, 0) is 43.5 Å². The molecule has 0 spiro atoms. The van der Waals surface area contributed by atoms with Crippen LogP contribution < -0.4 is 14.8 Å². The summed E-state index contributed by atoms with van der Waals surface area (Å²) in [6.45, 7) is 10.3. The van der Waals surface area contributed by atoms with Gasteiger partial charge in [-0.1, -0.05) is 48.5 Å². The second-order valence-electron chi connectivity index (χ2n) is 10.2. The lowest BCUT2D eigenvalue weighted by molar-refractivity contribution is -0.145. The predicted octanol–water partition coefficient (Wildman–Crippen LogP) is 4.12. The van der Waals surface area contributed by atoms with Gasteiger partial charge in [0.05, 0.1) is 20.8 Å². The van der Waals surface area contributed by atoms with Crippen LogP contribution in [0.25, 0.3) is 0 Å². The highest BCUT2D eigenvalue weighted by atomic mass is 32.2. The largest absolute Gasteiger partial charge is 0.598 e. The number of hydrogen-bond donors (Lipinski definition) is 2. The molecule has 0 aromatic heterocycles. The summed E-state index contributed by atoms with van der Waals surface area (Å²) in [5.74, 6) is -0.556. The first-order valence-corrected chi connectivity index (χ1v) is 14.2. The number of rotatable bonds is 16. The number of carbonyl (C=O) groups excluding carboxylic acids is 2. The first-order chi connectivity index (χ1) is 18.6. The number of esters is 1. The molecule has 0 heterocycles. The van der Waals surface area contributed by atoms with E-state index in [2.05, 4.69) is 16.6 Å². The Labute approximate surface area is 235 Å². The number of amides is 1. The first kappa shape index (κ1) is 32.4. The molecule has 2 aromatic carbocycles. The van der Waals surface area contributed by atoms with Crippen LogP contribution in [0.4, 0.5) is 0 Å². The van der Waals surface area contributed by atoms with Gasteiger partial charge in [-0.25, -0.2) is 4.79 Å². The van der Waals surface area contributed by atoms with E-state index in [0.717, 1.165) is 16.9 Å². The Morgan fingerprint density at radius 1 is 1.05 bits per heavy atom. The highest BCUT2D eigenvalue weighted by molar-refractivity contribution is 7.90. The maximum Gasteiger partial charge on any atom is 0.328 e. The van der Waals surface area contributed by atoms with Crippen molar-refractivity contribution in [2.75, 3.05) is 20.8 Å². The summed E-state index contributed by atoms with van der Waals surface area (Å²) in [5.41, 5.74) is 1.91. The number of methoxy groups -OCH3 is 2. The van der Waals surface area contributed by atoms with Gasteiger partial charge in [0.1, 0.15) is 22.6 Å². The van der Waals surface area contributed by atoms with E-state index in [1.165, 1.54) is 7.11 Å². The lowest BCUT2D eigenvalue weighted by Crippen LogP contribution is -2.57. The van der Waals surface area contributed by atoms with E-state index in [4.69, 9.17) is 14.2 Å². The molecule has 1 amide bonds. The molecular formula is C30H42N2O6S. The number of hydrogen-bond acceptors (Lipinski definition) is 7. The van der Waals surface area contributed by atoms with Crippen LogP contribution in [0.5, 0.6) is 5.75 Å². The Morgan fingerprint density at radius 2 is 1.72 bits per heavy atom. The minimum Gasteiger partial charge on any atom is -0.598 e. The van der Waals surface area contributed by atoms with Gasteiger partial charge in [0.15, 0.2) is 0 Å². The van der Waals surface area contributed by atoms with E-state index in [1.807, 2.05) is 75.4 Å². The number of benzene rings is 2. The lowest BCUT2D eigenvalue weighted by Gasteiger charge is -2.31. The van der Waals surface area contributed by atoms with Gasteiger partial charge >= 0.3 is 5.97 Å². The van der Waals surface area contributed by atoms with Crippen LogP contribution in [0.3, 0.4) is 0 Å². The van der Waals surface area contributed by atoms with Gasteiger partial charge in [-0.2, -0.15) is 0 Å². The van der Waals surface area contributed by atoms with Crippen LogP contribution in [0.2, 0.25) is 0 Å². The molecule has 2 aromatic rings. The molecule has 9 heteroatoms. The van der Waals surface area contributed by atoms with Gasteiger partial charge in [0, 0.05) is 30.3 Å². The van der Waals surface area contributed by atoms with E-state index in [1.54, 1.807) is 13.2 Å². The van der Waals surface area contributed by atoms with Crippen LogP contribution in [0.1, 0.15) is 44.7 Å². The monoisotopic (exact) mass is 558 g/mol. The van der Waals surface area contributed by atoms with Gasteiger partial charge in [-0.15, -0.1) is 11.3 Å². The van der Waals surface area contributed by atoms with Gasteiger partial charge in [-0.3, -0.25) is 4.79 Å². The molecule has 2 rings (SSSR count). The summed E-state index contributed by atoms with van der Waals surface area (Å²) in [5, 5.41) is 2.82. The van der Waals surface area contributed by atoms with Gasteiger partial charge in [-0.05, 0) is 56.9 Å². The summed E-state index contributed by atoms with van der Waals surface area (Å²) in [6.07, 6.45) is 3.18. The maximum absolute atomic E-state index is 13.5. The van der Waals surface area contributed by atoms with Crippen molar-refractivity contribution in [3.63, 3.8) is 0 Å². The fraction of sp³-hybridized carbons (Fsp3) is 0.467. The normalized spacial score (nSPS) is 14.5. The van der Waals surface area contributed by atoms with Gasteiger partial charge in [0.2, 0.25) is 5.91 Å². The second kappa shape index (κ2) is 16.3. The zero-order valence-electron chi connectivity index (χ0n) is 23.6. The third-order valence-electron chi connectivity index (χ3n) is 6.14. The third kappa shape index (κ3) is 11.0. The lowest BCUT2D eigenvalue weighted by atomic mass is 9.94. The Morgan fingerprint density at radius 3 is 2.28 bits per heavy atom. The summed E-state index contributed by atoms with van der Waals surface area (Å²) in [7, 11) is 2.91. The standard InChI is InChI=1S/C30H42N2O6S/c1-7-24(14-11-19-38-21-23-15-17-25(36-5)18-16-23)27(32-39(35)30(2,3)4)28(33)31-26(29(34)37-6)20-22-12-9-8-10-13-22/h7-10,12-13,15-18,24,26-27,32H,1,11,14,19-21H2,2-6H3,(H,31,33)/t24-,26-,27-,39?/m0/s1.